The Hall–Kier alpha value is -3.29. The molecular formula is C22H23F3N4O. The number of ether oxygens (including phenoxy) is 1. The predicted molar refractivity (Wildman–Crippen MR) is 112 cm³/mol. The summed E-state index contributed by atoms with van der Waals surface area (Å²) in [5.74, 6) is 0.768. The highest BCUT2D eigenvalue weighted by Gasteiger charge is 2.35. The minimum absolute atomic E-state index is 0.0602. The number of hydrogen-bond donors (Lipinski definition) is 2. The van der Waals surface area contributed by atoms with Crippen LogP contribution >= 0.6 is 0 Å². The highest BCUT2D eigenvalue weighted by molar-refractivity contribution is 5.64. The summed E-state index contributed by atoms with van der Waals surface area (Å²) in [7, 11) is 1.49. The number of nitrogens with zero attached hydrogens (tertiary/aromatic N) is 2. The number of methoxy groups -OCH3 is 1. The maximum Gasteiger partial charge on any atom is 0.421 e. The summed E-state index contributed by atoms with van der Waals surface area (Å²) in [6.07, 6.45) is -2.88. The van der Waals surface area contributed by atoms with Gasteiger partial charge in [-0.2, -0.15) is 18.2 Å². The van der Waals surface area contributed by atoms with Gasteiger partial charge in [-0.05, 0) is 42.2 Å². The van der Waals surface area contributed by atoms with Gasteiger partial charge in [0.15, 0.2) is 0 Å². The standard InChI is InChI=1S/C22H23F3N4O/c1-14(2)11-15-7-9-16(10-8-15)28-21-26-13-19(22(23,24)25)20(29-21)27-17-5-4-6-18(12-17)30-3/h4-10,12-14H,11H2,1-3H3,(H2,26,27,28,29). The second kappa shape index (κ2) is 9.02. The van der Waals surface area contributed by atoms with E-state index in [9.17, 15) is 13.2 Å². The number of halogens is 3. The molecule has 2 N–H and O–H groups in total. The number of aromatic nitrogens is 2. The predicted octanol–water partition coefficient (Wildman–Crippen LogP) is 6.19. The maximum absolute atomic E-state index is 13.4. The van der Waals surface area contributed by atoms with Gasteiger partial charge < -0.3 is 15.4 Å². The largest absolute Gasteiger partial charge is 0.497 e. The second-order valence-corrected chi connectivity index (χ2v) is 7.23. The molecule has 0 bridgehead atoms. The summed E-state index contributed by atoms with van der Waals surface area (Å²) in [5, 5.41) is 5.68. The lowest BCUT2D eigenvalue weighted by Gasteiger charge is -2.15. The second-order valence-electron chi connectivity index (χ2n) is 7.23. The van der Waals surface area contributed by atoms with Crippen molar-refractivity contribution in [1.82, 2.24) is 9.97 Å². The summed E-state index contributed by atoms with van der Waals surface area (Å²) >= 11 is 0. The van der Waals surface area contributed by atoms with E-state index < -0.39 is 11.7 Å². The van der Waals surface area contributed by atoms with Crippen LogP contribution in [0.3, 0.4) is 0 Å². The molecule has 0 aliphatic rings. The molecule has 3 rings (SSSR count). The van der Waals surface area contributed by atoms with Gasteiger partial charge >= 0.3 is 6.18 Å². The topological polar surface area (TPSA) is 59.1 Å². The van der Waals surface area contributed by atoms with Crippen LogP contribution in [0.5, 0.6) is 5.75 Å². The Labute approximate surface area is 173 Å². The molecule has 0 atom stereocenters. The van der Waals surface area contributed by atoms with E-state index >= 15 is 0 Å². The van der Waals surface area contributed by atoms with Crippen LogP contribution in [0, 0.1) is 5.92 Å². The molecular weight excluding hydrogens is 393 g/mol. The van der Waals surface area contributed by atoms with E-state index in [1.165, 1.54) is 12.7 Å². The summed E-state index contributed by atoms with van der Waals surface area (Å²) in [5.41, 5.74) is 1.34. The van der Waals surface area contributed by atoms with Crippen LogP contribution in [-0.2, 0) is 12.6 Å². The zero-order chi connectivity index (χ0) is 21.7. The molecule has 8 heteroatoms. The van der Waals surface area contributed by atoms with Crippen molar-refractivity contribution in [1.29, 1.82) is 0 Å². The molecule has 0 saturated carbocycles. The van der Waals surface area contributed by atoms with E-state index in [2.05, 4.69) is 34.4 Å². The molecule has 0 spiro atoms. The van der Waals surface area contributed by atoms with Crippen molar-refractivity contribution in [3.8, 4) is 5.75 Å². The molecule has 30 heavy (non-hydrogen) atoms. The van der Waals surface area contributed by atoms with E-state index in [0.29, 0.717) is 23.0 Å². The molecule has 0 unspecified atom stereocenters. The average molecular weight is 416 g/mol. The molecule has 158 valence electrons. The van der Waals surface area contributed by atoms with Gasteiger partial charge in [-0.1, -0.05) is 32.0 Å². The molecule has 3 aromatic rings. The first-order valence-electron chi connectivity index (χ1n) is 9.46. The van der Waals surface area contributed by atoms with E-state index in [1.807, 2.05) is 24.3 Å². The third kappa shape index (κ3) is 5.62. The summed E-state index contributed by atoms with van der Waals surface area (Å²) in [6.45, 7) is 4.28. The maximum atomic E-state index is 13.4. The monoisotopic (exact) mass is 416 g/mol. The Morgan fingerprint density at radius 2 is 1.73 bits per heavy atom. The highest BCUT2D eigenvalue weighted by atomic mass is 19.4. The summed E-state index contributed by atoms with van der Waals surface area (Å²) < 4.78 is 45.4. The first kappa shape index (κ1) is 21.4. The van der Waals surface area contributed by atoms with Crippen LogP contribution in [0.25, 0.3) is 0 Å². The van der Waals surface area contributed by atoms with Crippen LogP contribution in [0.2, 0.25) is 0 Å². The van der Waals surface area contributed by atoms with Gasteiger partial charge in [0.25, 0.3) is 0 Å². The highest BCUT2D eigenvalue weighted by Crippen LogP contribution is 2.35. The normalized spacial score (nSPS) is 11.4. The number of hydrogen-bond acceptors (Lipinski definition) is 5. The van der Waals surface area contributed by atoms with Gasteiger partial charge in [-0.25, -0.2) is 4.98 Å². The van der Waals surface area contributed by atoms with Crippen molar-refractivity contribution in [2.45, 2.75) is 26.4 Å². The van der Waals surface area contributed by atoms with Gasteiger partial charge in [0.1, 0.15) is 17.1 Å². The van der Waals surface area contributed by atoms with Crippen LogP contribution in [0.4, 0.5) is 36.3 Å². The Kier molecular flexibility index (Phi) is 6.44. The van der Waals surface area contributed by atoms with Crippen LogP contribution in [0.15, 0.2) is 54.7 Å². The molecule has 0 amide bonds. The molecule has 0 saturated heterocycles. The van der Waals surface area contributed by atoms with E-state index in [4.69, 9.17) is 4.74 Å². The first-order valence-corrected chi connectivity index (χ1v) is 9.46. The molecule has 0 aliphatic heterocycles. The van der Waals surface area contributed by atoms with E-state index in [-0.39, 0.29) is 11.8 Å². The quantitative estimate of drug-likeness (QED) is 0.481. The molecule has 0 aliphatic carbocycles. The van der Waals surface area contributed by atoms with Crippen molar-refractivity contribution in [2.75, 3.05) is 17.7 Å². The van der Waals surface area contributed by atoms with Gasteiger partial charge in [0.05, 0.1) is 7.11 Å². The number of benzene rings is 2. The van der Waals surface area contributed by atoms with Crippen molar-refractivity contribution < 1.29 is 17.9 Å². The van der Waals surface area contributed by atoms with Crippen molar-refractivity contribution >= 4 is 23.1 Å². The Morgan fingerprint density at radius 1 is 1.00 bits per heavy atom. The number of rotatable bonds is 7. The van der Waals surface area contributed by atoms with Crippen LogP contribution < -0.4 is 15.4 Å². The minimum Gasteiger partial charge on any atom is -0.497 e. The number of anilines is 4. The van der Waals surface area contributed by atoms with Crippen molar-refractivity contribution in [3.63, 3.8) is 0 Å². The molecule has 0 fully saturated rings. The first-order chi connectivity index (χ1) is 14.2. The molecule has 1 aromatic heterocycles. The minimum atomic E-state index is -4.60. The Morgan fingerprint density at radius 3 is 2.37 bits per heavy atom. The van der Waals surface area contributed by atoms with Gasteiger partial charge in [-0.3, -0.25) is 0 Å². The van der Waals surface area contributed by atoms with Crippen molar-refractivity contribution in [2.24, 2.45) is 5.92 Å². The Bertz CT molecular complexity index is 988. The molecule has 0 radical (unpaired) electrons. The fourth-order valence-corrected chi connectivity index (χ4v) is 2.91. The van der Waals surface area contributed by atoms with Crippen LogP contribution in [-0.4, -0.2) is 17.1 Å². The zero-order valence-corrected chi connectivity index (χ0v) is 16.9. The summed E-state index contributed by atoms with van der Waals surface area (Å²) in [4.78, 5) is 7.90. The average Bonchev–Trinajstić information content (AvgIpc) is 2.68. The SMILES string of the molecule is COc1cccc(Nc2nc(Nc3ccc(CC(C)C)cc3)ncc2C(F)(F)F)c1. The zero-order valence-electron chi connectivity index (χ0n) is 16.9. The lowest BCUT2D eigenvalue weighted by atomic mass is 10.0. The number of nitrogens with one attached hydrogen (secondary N) is 2. The fourth-order valence-electron chi connectivity index (χ4n) is 2.91. The smallest absolute Gasteiger partial charge is 0.421 e. The fraction of sp³-hybridized carbons (Fsp3) is 0.273. The third-order valence-corrected chi connectivity index (χ3v) is 4.28. The van der Waals surface area contributed by atoms with E-state index in [0.717, 1.165) is 12.6 Å². The number of alkyl halides is 3. The lowest BCUT2D eigenvalue weighted by molar-refractivity contribution is -0.137. The lowest BCUT2D eigenvalue weighted by Crippen LogP contribution is -2.12. The molecule has 2 aromatic carbocycles. The summed E-state index contributed by atoms with van der Waals surface area (Å²) in [6, 6.07) is 14.2. The molecule has 1 heterocycles. The van der Waals surface area contributed by atoms with E-state index in [1.54, 1.807) is 24.3 Å². The van der Waals surface area contributed by atoms with Gasteiger partial charge in [-0.15, -0.1) is 0 Å². The van der Waals surface area contributed by atoms with Crippen molar-refractivity contribution in [3.05, 3.63) is 65.9 Å². The van der Waals surface area contributed by atoms with Gasteiger partial charge in [0, 0.05) is 23.6 Å². The van der Waals surface area contributed by atoms with Crippen LogP contribution in [0.1, 0.15) is 25.0 Å². The molecule has 5 nitrogen and oxygen atoms in total. The van der Waals surface area contributed by atoms with Gasteiger partial charge in [0.2, 0.25) is 5.95 Å². The third-order valence-electron chi connectivity index (χ3n) is 4.28. The Balaban J connectivity index is 1.86.